The molecule has 0 atom stereocenters. The molecule has 1 aromatic carbocycles. The zero-order chi connectivity index (χ0) is 14.5. The van der Waals surface area contributed by atoms with E-state index in [1.54, 1.807) is 25.4 Å². The Balaban J connectivity index is 2.27. The minimum Gasteiger partial charge on any atom is -0.497 e. The van der Waals surface area contributed by atoms with Gasteiger partial charge in [-0.25, -0.2) is 9.37 Å². The van der Waals surface area contributed by atoms with Gasteiger partial charge >= 0.3 is 0 Å². The van der Waals surface area contributed by atoms with Gasteiger partial charge in [0.2, 0.25) is 0 Å². The van der Waals surface area contributed by atoms with Crippen LogP contribution in [0.2, 0.25) is 0 Å². The molecular formula is C14H14FN3O2. The van der Waals surface area contributed by atoms with Gasteiger partial charge in [-0.1, -0.05) is 0 Å². The fraction of sp³-hybridized carbons (Fsp3) is 0.143. The van der Waals surface area contributed by atoms with Crippen LogP contribution >= 0.6 is 0 Å². The first-order valence-electron chi connectivity index (χ1n) is 5.93. The molecule has 2 N–H and O–H groups in total. The molecule has 0 bridgehead atoms. The summed E-state index contributed by atoms with van der Waals surface area (Å²) < 4.78 is 18.7. The van der Waals surface area contributed by atoms with Crippen molar-refractivity contribution in [2.24, 2.45) is 0 Å². The molecule has 104 valence electrons. The van der Waals surface area contributed by atoms with Crippen LogP contribution in [0.15, 0.2) is 36.5 Å². The van der Waals surface area contributed by atoms with Gasteiger partial charge in [0.1, 0.15) is 17.4 Å². The van der Waals surface area contributed by atoms with Crippen molar-refractivity contribution < 1.29 is 13.9 Å². The molecule has 5 nitrogen and oxygen atoms in total. The van der Waals surface area contributed by atoms with Gasteiger partial charge in [-0.2, -0.15) is 0 Å². The van der Waals surface area contributed by atoms with Crippen LogP contribution in [-0.2, 0) is 0 Å². The molecule has 0 unspecified atom stereocenters. The molecule has 1 amide bonds. The molecule has 6 heteroatoms. The number of carbonyl (C=O) groups is 1. The number of amides is 1. The highest BCUT2D eigenvalue weighted by Crippen LogP contribution is 2.22. The molecule has 2 rings (SSSR count). The van der Waals surface area contributed by atoms with E-state index in [1.165, 1.54) is 25.3 Å². The zero-order valence-electron chi connectivity index (χ0n) is 11.1. The number of hydrogen-bond acceptors (Lipinski definition) is 4. The SMILES string of the molecule is CNc1ncccc1C(=O)Nc1cc(OC)ccc1F. The van der Waals surface area contributed by atoms with Crippen molar-refractivity contribution in [3.8, 4) is 5.75 Å². The topological polar surface area (TPSA) is 63.2 Å². The minimum atomic E-state index is -0.533. The number of hydrogen-bond donors (Lipinski definition) is 2. The standard InChI is InChI=1S/C14H14FN3O2/c1-16-13-10(4-3-7-17-13)14(19)18-12-8-9(20-2)5-6-11(12)15/h3-8H,1-2H3,(H,16,17)(H,18,19). The highest BCUT2D eigenvalue weighted by Gasteiger charge is 2.14. The molecule has 20 heavy (non-hydrogen) atoms. The predicted octanol–water partition coefficient (Wildman–Crippen LogP) is 2.52. The number of ether oxygens (including phenoxy) is 1. The van der Waals surface area contributed by atoms with Crippen molar-refractivity contribution in [2.45, 2.75) is 0 Å². The highest BCUT2D eigenvalue weighted by atomic mass is 19.1. The molecule has 2 aromatic rings. The van der Waals surface area contributed by atoms with Crippen LogP contribution in [0.3, 0.4) is 0 Å². The fourth-order valence-corrected chi connectivity index (χ4v) is 1.70. The van der Waals surface area contributed by atoms with E-state index in [1.807, 2.05) is 0 Å². The third kappa shape index (κ3) is 2.85. The Kier molecular flexibility index (Phi) is 4.14. The van der Waals surface area contributed by atoms with Crippen LogP contribution in [0.5, 0.6) is 5.75 Å². The van der Waals surface area contributed by atoms with Gasteiger partial charge in [0.05, 0.1) is 18.4 Å². The summed E-state index contributed by atoms with van der Waals surface area (Å²) in [5.74, 6) is -0.0984. The van der Waals surface area contributed by atoms with Crippen molar-refractivity contribution in [1.82, 2.24) is 4.98 Å². The number of benzene rings is 1. The number of pyridine rings is 1. The first kappa shape index (κ1) is 13.8. The van der Waals surface area contributed by atoms with Crippen molar-refractivity contribution in [3.63, 3.8) is 0 Å². The largest absolute Gasteiger partial charge is 0.497 e. The second-order valence-electron chi connectivity index (χ2n) is 3.95. The first-order valence-corrected chi connectivity index (χ1v) is 5.93. The Labute approximate surface area is 115 Å². The van der Waals surface area contributed by atoms with Gasteiger partial charge in [-0.05, 0) is 24.3 Å². The van der Waals surface area contributed by atoms with E-state index in [2.05, 4.69) is 15.6 Å². The Morgan fingerprint density at radius 3 is 2.85 bits per heavy atom. The average Bonchev–Trinajstić information content (AvgIpc) is 2.49. The number of nitrogens with zero attached hydrogens (tertiary/aromatic N) is 1. The molecule has 0 aliphatic rings. The van der Waals surface area contributed by atoms with Crippen LogP contribution in [0, 0.1) is 5.82 Å². The minimum absolute atomic E-state index is 0.0558. The molecule has 0 aliphatic carbocycles. The lowest BCUT2D eigenvalue weighted by Gasteiger charge is -2.10. The van der Waals surface area contributed by atoms with Crippen molar-refractivity contribution in [2.75, 3.05) is 24.8 Å². The molecular weight excluding hydrogens is 261 g/mol. The third-order valence-corrected chi connectivity index (χ3v) is 2.71. The summed E-state index contributed by atoms with van der Waals surface area (Å²) in [5.41, 5.74) is 0.387. The predicted molar refractivity (Wildman–Crippen MR) is 74.7 cm³/mol. The van der Waals surface area contributed by atoms with Gasteiger partial charge in [0.15, 0.2) is 0 Å². The summed E-state index contributed by atoms with van der Waals surface area (Å²) in [5, 5.41) is 5.31. The third-order valence-electron chi connectivity index (χ3n) is 2.71. The van der Waals surface area contributed by atoms with Gasteiger partial charge < -0.3 is 15.4 Å². The number of rotatable bonds is 4. The van der Waals surface area contributed by atoms with Crippen molar-refractivity contribution in [1.29, 1.82) is 0 Å². The van der Waals surface area contributed by atoms with Crippen LogP contribution < -0.4 is 15.4 Å². The number of methoxy groups -OCH3 is 1. The second kappa shape index (κ2) is 6.01. The molecule has 0 fully saturated rings. The van der Waals surface area contributed by atoms with E-state index >= 15 is 0 Å². The lowest BCUT2D eigenvalue weighted by molar-refractivity contribution is 0.102. The summed E-state index contributed by atoms with van der Waals surface area (Å²) in [6.45, 7) is 0. The lowest BCUT2D eigenvalue weighted by atomic mass is 10.2. The summed E-state index contributed by atoms with van der Waals surface area (Å²) in [6, 6.07) is 7.37. The van der Waals surface area contributed by atoms with Crippen LogP contribution in [0.1, 0.15) is 10.4 Å². The molecule has 0 saturated heterocycles. The molecule has 1 heterocycles. The fourth-order valence-electron chi connectivity index (χ4n) is 1.70. The maximum atomic E-state index is 13.7. The quantitative estimate of drug-likeness (QED) is 0.900. The number of anilines is 2. The summed E-state index contributed by atoms with van der Waals surface area (Å²) in [6.07, 6.45) is 1.56. The summed E-state index contributed by atoms with van der Waals surface area (Å²) in [7, 11) is 3.13. The first-order chi connectivity index (χ1) is 9.65. The zero-order valence-corrected chi connectivity index (χ0v) is 11.1. The van der Waals surface area contributed by atoms with Crippen LogP contribution in [0.4, 0.5) is 15.9 Å². The molecule has 0 spiro atoms. The molecule has 0 aliphatic heterocycles. The van der Waals surface area contributed by atoms with E-state index < -0.39 is 11.7 Å². The smallest absolute Gasteiger partial charge is 0.259 e. The van der Waals surface area contributed by atoms with E-state index in [-0.39, 0.29) is 5.69 Å². The Morgan fingerprint density at radius 2 is 2.15 bits per heavy atom. The maximum Gasteiger partial charge on any atom is 0.259 e. The maximum absolute atomic E-state index is 13.7. The van der Waals surface area contributed by atoms with Crippen molar-refractivity contribution >= 4 is 17.4 Å². The number of halogens is 1. The van der Waals surface area contributed by atoms with Crippen LogP contribution in [-0.4, -0.2) is 25.0 Å². The Bertz CT molecular complexity index is 632. The van der Waals surface area contributed by atoms with Gasteiger partial charge in [-0.3, -0.25) is 4.79 Å². The number of nitrogens with one attached hydrogen (secondary N) is 2. The molecule has 1 aromatic heterocycles. The van der Waals surface area contributed by atoms with Gasteiger partial charge in [0.25, 0.3) is 5.91 Å². The molecule has 0 saturated carbocycles. The lowest BCUT2D eigenvalue weighted by Crippen LogP contribution is -2.15. The average molecular weight is 275 g/mol. The normalized spacial score (nSPS) is 9.95. The summed E-state index contributed by atoms with van der Waals surface area (Å²) >= 11 is 0. The Hall–Kier alpha value is -2.63. The molecule has 0 radical (unpaired) electrons. The van der Waals surface area contributed by atoms with Crippen LogP contribution in [0.25, 0.3) is 0 Å². The van der Waals surface area contributed by atoms with E-state index in [0.717, 1.165) is 0 Å². The van der Waals surface area contributed by atoms with E-state index in [4.69, 9.17) is 4.74 Å². The van der Waals surface area contributed by atoms with Gasteiger partial charge in [0, 0.05) is 19.3 Å². The number of aromatic nitrogens is 1. The Morgan fingerprint density at radius 1 is 1.35 bits per heavy atom. The summed E-state index contributed by atoms with van der Waals surface area (Å²) in [4.78, 5) is 16.2. The highest BCUT2D eigenvalue weighted by molar-refractivity contribution is 6.07. The second-order valence-corrected chi connectivity index (χ2v) is 3.95. The monoisotopic (exact) mass is 275 g/mol. The van der Waals surface area contributed by atoms with Gasteiger partial charge in [-0.15, -0.1) is 0 Å². The van der Waals surface area contributed by atoms with E-state index in [9.17, 15) is 9.18 Å². The number of carbonyl (C=O) groups excluding carboxylic acids is 1. The van der Waals surface area contributed by atoms with Crippen molar-refractivity contribution in [3.05, 3.63) is 47.9 Å². The van der Waals surface area contributed by atoms with E-state index in [0.29, 0.717) is 17.1 Å².